The van der Waals surface area contributed by atoms with E-state index < -0.39 is 0 Å². The van der Waals surface area contributed by atoms with Gasteiger partial charge in [0.05, 0.1) is 0 Å². The molecule has 0 bridgehead atoms. The third-order valence-corrected chi connectivity index (χ3v) is 2.63. The standard InChI is InChI=1S/C11H15N/c1-3-9-8-12-7-5-6-11(12)10(9)4-2/h5-6,8H,3-4,7H2,1-2H3. The second-order valence-corrected chi connectivity index (χ2v) is 3.28. The summed E-state index contributed by atoms with van der Waals surface area (Å²) in [6, 6.07) is 0. The summed E-state index contributed by atoms with van der Waals surface area (Å²) in [6.07, 6.45) is 9.10. The molecule has 0 aliphatic carbocycles. The zero-order valence-electron chi connectivity index (χ0n) is 7.80. The number of hydrogen-bond acceptors (Lipinski definition) is 0. The molecule has 1 aliphatic rings. The molecule has 0 atom stereocenters. The highest BCUT2D eigenvalue weighted by molar-refractivity contribution is 5.56. The van der Waals surface area contributed by atoms with Crippen molar-refractivity contribution in [2.45, 2.75) is 33.2 Å². The second-order valence-electron chi connectivity index (χ2n) is 3.28. The molecule has 64 valence electrons. The molecule has 1 heteroatoms. The Morgan fingerprint density at radius 3 is 2.83 bits per heavy atom. The minimum Gasteiger partial charge on any atom is -0.344 e. The molecular weight excluding hydrogens is 146 g/mol. The van der Waals surface area contributed by atoms with Gasteiger partial charge in [0.15, 0.2) is 0 Å². The summed E-state index contributed by atoms with van der Waals surface area (Å²) < 4.78 is 2.34. The predicted molar refractivity (Wildman–Crippen MR) is 52.2 cm³/mol. The molecule has 1 nitrogen and oxygen atoms in total. The van der Waals surface area contributed by atoms with Crippen molar-refractivity contribution in [1.29, 1.82) is 0 Å². The number of nitrogens with zero attached hydrogens (tertiary/aromatic N) is 1. The lowest BCUT2D eigenvalue weighted by atomic mass is 10.1. The predicted octanol–water partition coefficient (Wildman–Crippen LogP) is 2.64. The van der Waals surface area contributed by atoms with Crippen molar-refractivity contribution >= 4 is 6.08 Å². The molecule has 0 spiro atoms. The molecule has 0 saturated heterocycles. The zero-order chi connectivity index (χ0) is 8.55. The molecule has 0 fully saturated rings. The third-order valence-electron chi connectivity index (χ3n) is 2.63. The number of aryl methyl sites for hydroxylation is 1. The summed E-state index contributed by atoms with van der Waals surface area (Å²) in [5.74, 6) is 0. The van der Waals surface area contributed by atoms with E-state index in [1.165, 1.54) is 11.3 Å². The van der Waals surface area contributed by atoms with E-state index in [2.05, 4.69) is 36.8 Å². The Kier molecular flexibility index (Phi) is 1.80. The molecule has 0 aromatic carbocycles. The highest BCUT2D eigenvalue weighted by Crippen LogP contribution is 2.23. The van der Waals surface area contributed by atoms with Gasteiger partial charge >= 0.3 is 0 Å². The lowest BCUT2D eigenvalue weighted by molar-refractivity contribution is 0.839. The van der Waals surface area contributed by atoms with Gasteiger partial charge in [-0.05, 0) is 30.0 Å². The molecule has 2 heterocycles. The van der Waals surface area contributed by atoms with Crippen LogP contribution in [0.15, 0.2) is 12.3 Å². The van der Waals surface area contributed by atoms with E-state index in [4.69, 9.17) is 0 Å². The van der Waals surface area contributed by atoms with Crippen LogP contribution in [0, 0.1) is 0 Å². The van der Waals surface area contributed by atoms with Gasteiger partial charge in [-0.15, -0.1) is 0 Å². The van der Waals surface area contributed by atoms with Gasteiger partial charge < -0.3 is 4.57 Å². The van der Waals surface area contributed by atoms with Crippen LogP contribution in [0.25, 0.3) is 6.08 Å². The fourth-order valence-electron chi connectivity index (χ4n) is 2.01. The Balaban J connectivity index is 2.53. The van der Waals surface area contributed by atoms with Crippen LogP contribution >= 0.6 is 0 Å². The fraction of sp³-hybridized carbons (Fsp3) is 0.455. The lowest BCUT2D eigenvalue weighted by Crippen LogP contribution is -1.90. The third kappa shape index (κ3) is 0.927. The summed E-state index contributed by atoms with van der Waals surface area (Å²) in [7, 11) is 0. The van der Waals surface area contributed by atoms with Crippen LogP contribution in [0.2, 0.25) is 0 Å². The molecule has 0 amide bonds. The van der Waals surface area contributed by atoms with Crippen LogP contribution in [0.3, 0.4) is 0 Å². The monoisotopic (exact) mass is 161 g/mol. The number of aromatic nitrogens is 1. The van der Waals surface area contributed by atoms with E-state index in [-0.39, 0.29) is 0 Å². The lowest BCUT2D eigenvalue weighted by Gasteiger charge is -1.98. The topological polar surface area (TPSA) is 4.93 Å². The van der Waals surface area contributed by atoms with Gasteiger partial charge in [0.2, 0.25) is 0 Å². The first kappa shape index (κ1) is 7.66. The average Bonchev–Trinajstić information content (AvgIpc) is 2.61. The Morgan fingerprint density at radius 1 is 1.33 bits per heavy atom. The van der Waals surface area contributed by atoms with Gasteiger partial charge in [0.25, 0.3) is 0 Å². The Hall–Kier alpha value is -0.980. The molecule has 1 aromatic rings. The van der Waals surface area contributed by atoms with Crippen molar-refractivity contribution in [3.63, 3.8) is 0 Å². The van der Waals surface area contributed by atoms with E-state index in [0.717, 1.165) is 19.4 Å². The highest BCUT2D eigenvalue weighted by Gasteiger charge is 2.12. The molecule has 0 N–H and O–H groups in total. The van der Waals surface area contributed by atoms with Gasteiger partial charge in [0.1, 0.15) is 0 Å². The van der Waals surface area contributed by atoms with Gasteiger partial charge in [-0.3, -0.25) is 0 Å². The summed E-state index contributed by atoms with van der Waals surface area (Å²) in [6.45, 7) is 5.54. The summed E-state index contributed by atoms with van der Waals surface area (Å²) in [4.78, 5) is 0. The maximum Gasteiger partial charge on any atom is 0.0442 e. The van der Waals surface area contributed by atoms with Crippen LogP contribution in [0.1, 0.15) is 30.7 Å². The maximum atomic E-state index is 2.34. The molecule has 1 aliphatic heterocycles. The first-order chi connectivity index (χ1) is 5.86. The molecule has 1 aromatic heterocycles. The Bertz CT molecular complexity index is 318. The first-order valence-corrected chi connectivity index (χ1v) is 4.74. The molecule has 2 rings (SSSR count). The van der Waals surface area contributed by atoms with Gasteiger partial charge in [-0.25, -0.2) is 0 Å². The minimum atomic E-state index is 1.07. The quantitative estimate of drug-likeness (QED) is 0.628. The molecule has 0 saturated carbocycles. The normalized spacial score (nSPS) is 13.8. The number of rotatable bonds is 2. The number of fused-ring (bicyclic) bond motifs is 1. The van der Waals surface area contributed by atoms with Crippen molar-refractivity contribution in [2.24, 2.45) is 0 Å². The van der Waals surface area contributed by atoms with Gasteiger partial charge in [-0.1, -0.05) is 19.9 Å². The number of hydrogen-bond donors (Lipinski definition) is 0. The van der Waals surface area contributed by atoms with Crippen molar-refractivity contribution < 1.29 is 0 Å². The molecule has 12 heavy (non-hydrogen) atoms. The van der Waals surface area contributed by atoms with Crippen molar-refractivity contribution in [3.05, 3.63) is 29.1 Å². The SMILES string of the molecule is CCc1cn2c(c1CC)C=CC2. The Labute approximate surface area is 73.7 Å². The zero-order valence-corrected chi connectivity index (χ0v) is 7.80. The van der Waals surface area contributed by atoms with Crippen molar-refractivity contribution in [1.82, 2.24) is 4.57 Å². The maximum absolute atomic E-state index is 2.34. The van der Waals surface area contributed by atoms with E-state index in [9.17, 15) is 0 Å². The highest BCUT2D eigenvalue weighted by atomic mass is 15.0. The average molecular weight is 161 g/mol. The summed E-state index contributed by atoms with van der Waals surface area (Å²) in [5.41, 5.74) is 4.51. The fourth-order valence-corrected chi connectivity index (χ4v) is 2.01. The summed E-state index contributed by atoms with van der Waals surface area (Å²) in [5, 5.41) is 0. The van der Waals surface area contributed by atoms with Crippen molar-refractivity contribution in [2.75, 3.05) is 0 Å². The van der Waals surface area contributed by atoms with Crippen LogP contribution in [0.4, 0.5) is 0 Å². The largest absolute Gasteiger partial charge is 0.344 e. The molecular formula is C11H15N. The smallest absolute Gasteiger partial charge is 0.0442 e. The van der Waals surface area contributed by atoms with E-state index >= 15 is 0 Å². The summed E-state index contributed by atoms with van der Waals surface area (Å²) >= 11 is 0. The van der Waals surface area contributed by atoms with E-state index in [1.807, 2.05) is 0 Å². The van der Waals surface area contributed by atoms with Crippen LogP contribution in [-0.2, 0) is 19.4 Å². The van der Waals surface area contributed by atoms with Gasteiger partial charge in [-0.2, -0.15) is 0 Å². The second kappa shape index (κ2) is 2.81. The van der Waals surface area contributed by atoms with Crippen LogP contribution in [0.5, 0.6) is 0 Å². The van der Waals surface area contributed by atoms with Crippen LogP contribution in [-0.4, -0.2) is 4.57 Å². The van der Waals surface area contributed by atoms with Gasteiger partial charge in [0, 0.05) is 18.4 Å². The van der Waals surface area contributed by atoms with Crippen LogP contribution < -0.4 is 0 Å². The number of allylic oxidation sites excluding steroid dienone is 1. The van der Waals surface area contributed by atoms with E-state index in [0.29, 0.717) is 0 Å². The van der Waals surface area contributed by atoms with Crippen molar-refractivity contribution in [3.8, 4) is 0 Å². The minimum absolute atomic E-state index is 1.07. The first-order valence-electron chi connectivity index (χ1n) is 4.74. The molecule has 0 unspecified atom stereocenters. The molecule has 0 radical (unpaired) electrons. The van der Waals surface area contributed by atoms with E-state index in [1.54, 1.807) is 5.56 Å². The Morgan fingerprint density at radius 2 is 2.17 bits per heavy atom.